The predicted octanol–water partition coefficient (Wildman–Crippen LogP) is 2.67. The van der Waals surface area contributed by atoms with Crippen LogP contribution in [0.3, 0.4) is 0 Å². The van der Waals surface area contributed by atoms with Crippen LogP contribution in [-0.2, 0) is 13.1 Å². The third kappa shape index (κ3) is 3.20. The summed E-state index contributed by atoms with van der Waals surface area (Å²) in [5, 5.41) is 8.02. The minimum Gasteiger partial charge on any atom is -0.497 e. The van der Waals surface area contributed by atoms with Crippen LogP contribution in [-0.4, -0.2) is 23.4 Å². The van der Waals surface area contributed by atoms with E-state index in [2.05, 4.69) is 48.0 Å². The standard InChI is InChI=1S/C16H23N3O/c1-5-17-10-16-12(2)18-19(13(16)3)11-14-7-6-8-15(9-14)20-4/h6-9,17H,5,10-11H2,1-4H3. The molecule has 0 amide bonds. The lowest BCUT2D eigenvalue weighted by molar-refractivity contribution is 0.414. The molecule has 1 aromatic heterocycles. The molecular formula is C16H23N3O. The Labute approximate surface area is 120 Å². The van der Waals surface area contributed by atoms with Gasteiger partial charge in [-0.1, -0.05) is 19.1 Å². The van der Waals surface area contributed by atoms with E-state index in [0.29, 0.717) is 0 Å². The number of aryl methyl sites for hydroxylation is 1. The molecule has 0 bridgehead atoms. The van der Waals surface area contributed by atoms with Crippen LogP contribution in [0.5, 0.6) is 5.75 Å². The van der Waals surface area contributed by atoms with Crippen LogP contribution in [0.2, 0.25) is 0 Å². The molecule has 4 nitrogen and oxygen atoms in total. The van der Waals surface area contributed by atoms with Crippen molar-refractivity contribution in [3.63, 3.8) is 0 Å². The molecule has 1 heterocycles. The topological polar surface area (TPSA) is 39.1 Å². The second-order valence-electron chi connectivity index (χ2n) is 4.94. The van der Waals surface area contributed by atoms with Crippen molar-refractivity contribution >= 4 is 0 Å². The van der Waals surface area contributed by atoms with Crippen molar-refractivity contribution in [1.82, 2.24) is 15.1 Å². The van der Waals surface area contributed by atoms with Gasteiger partial charge in [-0.05, 0) is 38.1 Å². The smallest absolute Gasteiger partial charge is 0.119 e. The number of benzene rings is 1. The zero-order valence-electron chi connectivity index (χ0n) is 12.7. The maximum atomic E-state index is 5.27. The van der Waals surface area contributed by atoms with E-state index in [9.17, 15) is 0 Å². The molecule has 1 N–H and O–H groups in total. The van der Waals surface area contributed by atoms with Gasteiger partial charge in [-0.15, -0.1) is 0 Å². The largest absolute Gasteiger partial charge is 0.497 e. The van der Waals surface area contributed by atoms with Crippen molar-refractivity contribution in [2.45, 2.75) is 33.9 Å². The highest BCUT2D eigenvalue weighted by molar-refractivity contribution is 5.30. The SMILES string of the molecule is CCNCc1c(C)nn(Cc2cccc(OC)c2)c1C. The van der Waals surface area contributed by atoms with Crippen molar-refractivity contribution in [3.05, 3.63) is 46.8 Å². The van der Waals surface area contributed by atoms with Gasteiger partial charge >= 0.3 is 0 Å². The summed E-state index contributed by atoms with van der Waals surface area (Å²) in [6.45, 7) is 8.95. The number of nitrogens with one attached hydrogen (secondary N) is 1. The first-order valence-electron chi connectivity index (χ1n) is 7.02. The Hall–Kier alpha value is -1.81. The van der Waals surface area contributed by atoms with Gasteiger partial charge in [-0.25, -0.2) is 0 Å². The number of rotatable bonds is 6. The number of nitrogens with zero attached hydrogens (tertiary/aromatic N) is 2. The summed E-state index contributed by atoms with van der Waals surface area (Å²) in [6.07, 6.45) is 0. The van der Waals surface area contributed by atoms with Crippen molar-refractivity contribution in [2.24, 2.45) is 0 Å². The van der Waals surface area contributed by atoms with Crippen molar-refractivity contribution < 1.29 is 4.74 Å². The highest BCUT2D eigenvalue weighted by Crippen LogP contribution is 2.17. The zero-order chi connectivity index (χ0) is 14.5. The summed E-state index contributed by atoms with van der Waals surface area (Å²) >= 11 is 0. The molecule has 0 aliphatic heterocycles. The summed E-state index contributed by atoms with van der Waals surface area (Å²) in [7, 11) is 1.69. The van der Waals surface area contributed by atoms with Gasteiger partial charge < -0.3 is 10.1 Å². The number of ether oxygens (including phenoxy) is 1. The Balaban J connectivity index is 2.20. The molecule has 0 spiro atoms. The van der Waals surface area contributed by atoms with Gasteiger partial charge in [0.1, 0.15) is 5.75 Å². The molecule has 0 saturated heterocycles. The molecule has 2 rings (SSSR count). The average Bonchev–Trinajstić information content (AvgIpc) is 2.72. The summed E-state index contributed by atoms with van der Waals surface area (Å²) in [5.74, 6) is 0.886. The van der Waals surface area contributed by atoms with E-state index in [1.165, 1.54) is 16.8 Å². The van der Waals surface area contributed by atoms with Gasteiger partial charge in [0, 0.05) is 17.8 Å². The Bertz CT molecular complexity index is 575. The summed E-state index contributed by atoms with van der Waals surface area (Å²) < 4.78 is 7.33. The molecule has 4 heteroatoms. The van der Waals surface area contributed by atoms with E-state index in [1.807, 2.05) is 12.1 Å². The minimum atomic E-state index is 0.774. The average molecular weight is 273 g/mol. The molecule has 1 aromatic carbocycles. The quantitative estimate of drug-likeness (QED) is 0.879. The Kier molecular flexibility index (Phi) is 4.79. The van der Waals surface area contributed by atoms with Gasteiger partial charge in [0.15, 0.2) is 0 Å². The second-order valence-corrected chi connectivity index (χ2v) is 4.94. The van der Waals surface area contributed by atoms with Crippen LogP contribution in [0.4, 0.5) is 0 Å². The van der Waals surface area contributed by atoms with E-state index in [-0.39, 0.29) is 0 Å². The predicted molar refractivity (Wildman–Crippen MR) is 81.2 cm³/mol. The van der Waals surface area contributed by atoms with Gasteiger partial charge in [-0.2, -0.15) is 5.10 Å². The van der Waals surface area contributed by atoms with E-state index < -0.39 is 0 Å². The van der Waals surface area contributed by atoms with Gasteiger partial charge in [-0.3, -0.25) is 4.68 Å². The molecule has 20 heavy (non-hydrogen) atoms. The summed E-state index contributed by atoms with van der Waals surface area (Å²) in [5.41, 5.74) is 4.83. The molecule has 0 aliphatic rings. The lowest BCUT2D eigenvalue weighted by atomic mass is 10.2. The maximum absolute atomic E-state index is 5.27. The molecule has 0 saturated carbocycles. The molecule has 0 radical (unpaired) electrons. The summed E-state index contributed by atoms with van der Waals surface area (Å²) in [4.78, 5) is 0. The van der Waals surface area contributed by atoms with Gasteiger partial charge in [0.05, 0.1) is 19.3 Å². The fraction of sp³-hybridized carbons (Fsp3) is 0.438. The molecule has 0 atom stereocenters. The lowest BCUT2D eigenvalue weighted by Crippen LogP contribution is -2.13. The molecular weight excluding hydrogens is 250 g/mol. The van der Waals surface area contributed by atoms with Gasteiger partial charge in [0.2, 0.25) is 0 Å². The van der Waals surface area contributed by atoms with E-state index in [4.69, 9.17) is 4.74 Å². The van der Waals surface area contributed by atoms with Crippen LogP contribution >= 0.6 is 0 Å². The fourth-order valence-corrected chi connectivity index (χ4v) is 2.34. The first-order valence-corrected chi connectivity index (χ1v) is 7.02. The maximum Gasteiger partial charge on any atom is 0.119 e. The van der Waals surface area contributed by atoms with Crippen LogP contribution in [0, 0.1) is 13.8 Å². The molecule has 108 valence electrons. The molecule has 0 unspecified atom stereocenters. The van der Waals surface area contributed by atoms with E-state index >= 15 is 0 Å². The first kappa shape index (κ1) is 14.6. The van der Waals surface area contributed by atoms with E-state index in [1.54, 1.807) is 7.11 Å². The van der Waals surface area contributed by atoms with Crippen LogP contribution in [0.25, 0.3) is 0 Å². The fourth-order valence-electron chi connectivity index (χ4n) is 2.34. The first-order chi connectivity index (χ1) is 9.65. The number of aromatic nitrogens is 2. The zero-order valence-corrected chi connectivity index (χ0v) is 12.7. The second kappa shape index (κ2) is 6.57. The highest BCUT2D eigenvalue weighted by Gasteiger charge is 2.11. The van der Waals surface area contributed by atoms with Crippen LogP contribution in [0.1, 0.15) is 29.4 Å². The van der Waals surface area contributed by atoms with Crippen LogP contribution < -0.4 is 10.1 Å². The lowest BCUT2D eigenvalue weighted by Gasteiger charge is -2.07. The van der Waals surface area contributed by atoms with Crippen molar-refractivity contribution in [2.75, 3.05) is 13.7 Å². The monoisotopic (exact) mass is 273 g/mol. The Morgan fingerprint density at radius 3 is 2.80 bits per heavy atom. The highest BCUT2D eigenvalue weighted by atomic mass is 16.5. The number of methoxy groups -OCH3 is 1. The third-order valence-electron chi connectivity index (χ3n) is 3.55. The Morgan fingerprint density at radius 2 is 2.10 bits per heavy atom. The van der Waals surface area contributed by atoms with E-state index in [0.717, 1.165) is 31.1 Å². The molecule has 0 aliphatic carbocycles. The van der Waals surface area contributed by atoms with Gasteiger partial charge in [0.25, 0.3) is 0 Å². The summed E-state index contributed by atoms with van der Waals surface area (Å²) in [6, 6.07) is 8.13. The molecule has 2 aromatic rings. The normalized spacial score (nSPS) is 10.8. The van der Waals surface area contributed by atoms with Crippen molar-refractivity contribution in [1.29, 1.82) is 0 Å². The van der Waals surface area contributed by atoms with Crippen molar-refractivity contribution in [3.8, 4) is 5.75 Å². The minimum absolute atomic E-state index is 0.774. The third-order valence-corrected chi connectivity index (χ3v) is 3.55. The number of hydrogen-bond acceptors (Lipinski definition) is 3. The molecule has 0 fully saturated rings. The van der Waals surface area contributed by atoms with Crippen LogP contribution in [0.15, 0.2) is 24.3 Å². The number of hydrogen-bond donors (Lipinski definition) is 1. The Morgan fingerprint density at radius 1 is 1.30 bits per heavy atom.